The summed E-state index contributed by atoms with van der Waals surface area (Å²) in [5.74, 6) is -0.774. The Morgan fingerprint density at radius 3 is 2.83 bits per heavy atom. The lowest BCUT2D eigenvalue weighted by molar-refractivity contribution is -0.122. The fourth-order valence-electron chi connectivity index (χ4n) is 1.32. The minimum absolute atomic E-state index is 0.182. The van der Waals surface area contributed by atoms with Crippen LogP contribution in [0, 0.1) is 5.82 Å². The summed E-state index contributed by atoms with van der Waals surface area (Å²) in [6.07, 6.45) is 1.89. The van der Waals surface area contributed by atoms with Gasteiger partial charge in [0.15, 0.2) is 6.61 Å². The third-order valence-corrected chi connectivity index (χ3v) is 2.33. The van der Waals surface area contributed by atoms with Crippen molar-refractivity contribution in [3.05, 3.63) is 30.1 Å². The molecule has 1 saturated carbocycles. The van der Waals surface area contributed by atoms with Crippen LogP contribution in [0.2, 0.25) is 0 Å². The zero-order chi connectivity index (χ0) is 13.0. The van der Waals surface area contributed by atoms with Crippen molar-refractivity contribution in [1.29, 1.82) is 0 Å². The number of imide groups is 1. The average molecular weight is 252 g/mol. The first kappa shape index (κ1) is 12.3. The first-order chi connectivity index (χ1) is 8.63. The number of carbonyl (C=O) groups is 2. The molecule has 0 radical (unpaired) electrons. The Balaban J connectivity index is 1.72. The number of hydrogen-bond donors (Lipinski definition) is 2. The zero-order valence-corrected chi connectivity index (χ0v) is 9.61. The number of rotatable bonds is 4. The molecule has 1 fully saturated rings. The topological polar surface area (TPSA) is 67.4 Å². The van der Waals surface area contributed by atoms with E-state index in [1.165, 1.54) is 18.2 Å². The lowest BCUT2D eigenvalue weighted by atomic mass is 10.3. The van der Waals surface area contributed by atoms with Gasteiger partial charge in [-0.15, -0.1) is 0 Å². The molecule has 0 spiro atoms. The third kappa shape index (κ3) is 4.04. The van der Waals surface area contributed by atoms with E-state index in [0.29, 0.717) is 0 Å². The van der Waals surface area contributed by atoms with Gasteiger partial charge in [-0.05, 0) is 25.0 Å². The quantitative estimate of drug-likeness (QED) is 0.845. The number of benzene rings is 1. The van der Waals surface area contributed by atoms with Crippen LogP contribution in [0.25, 0.3) is 0 Å². The van der Waals surface area contributed by atoms with Crippen LogP contribution in [-0.4, -0.2) is 24.6 Å². The van der Waals surface area contributed by atoms with Gasteiger partial charge in [-0.1, -0.05) is 6.07 Å². The minimum Gasteiger partial charge on any atom is -0.484 e. The molecule has 6 heteroatoms. The first-order valence-corrected chi connectivity index (χ1v) is 5.62. The van der Waals surface area contributed by atoms with E-state index >= 15 is 0 Å². The van der Waals surface area contributed by atoms with Gasteiger partial charge in [-0.2, -0.15) is 0 Å². The van der Waals surface area contributed by atoms with E-state index in [9.17, 15) is 14.0 Å². The molecule has 0 heterocycles. The summed E-state index contributed by atoms with van der Waals surface area (Å²) in [7, 11) is 0. The highest BCUT2D eigenvalue weighted by Crippen LogP contribution is 2.18. The Morgan fingerprint density at radius 2 is 2.17 bits per heavy atom. The van der Waals surface area contributed by atoms with E-state index in [2.05, 4.69) is 10.6 Å². The molecule has 2 rings (SSSR count). The maximum absolute atomic E-state index is 12.8. The Bertz CT molecular complexity index is 460. The summed E-state index contributed by atoms with van der Waals surface area (Å²) in [4.78, 5) is 22.5. The van der Waals surface area contributed by atoms with E-state index in [4.69, 9.17) is 4.74 Å². The molecule has 0 bridgehead atoms. The molecule has 1 aromatic carbocycles. The largest absolute Gasteiger partial charge is 0.484 e. The third-order valence-electron chi connectivity index (χ3n) is 2.33. The second-order valence-electron chi connectivity index (χ2n) is 4.04. The van der Waals surface area contributed by atoms with Crippen LogP contribution in [0.1, 0.15) is 12.8 Å². The molecule has 18 heavy (non-hydrogen) atoms. The van der Waals surface area contributed by atoms with E-state index in [1.807, 2.05) is 0 Å². The van der Waals surface area contributed by atoms with Crippen LogP contribution in [0.4, 0.5) is 9.18 Å². The van der Waals surface area contributed by atoms with Crippen molar-refractivity contribution in [3.63, 3.8) is 0 Å². The second-order valence-corrected chi connectivity index (χ2v) is 4.04. The predicted octanol–water partition coefficient (Wildman–Crippen LogP) is 1.19. The van der Waals surface area contributed by atoms with E-state index in [-0.39, 0.29) is 18.4 Å². The van der Waals surface area contributed by atoms with Gasteiger partial charge >= 0.3 is 6.03 Å². The average Bonchev–Trinajstić information content (AvgIpc) is 3.10. The second kappa shape index (κ2) is 5.48. The van der Waals surface area contributed by atoms with Crippen LogP contribution in [-0.2, 0) is 4.79 Å². The molecule has 0 atom stereocenters. The molecule has 0 aliphatic heterocycles. The molecule has 96 valence electrons. The highest BCUT2D eigenvalue weighted by molar-refractivity contribution is 5.95. The summed E-state index contributed by atoms with van der Waals surface area (Å²) >= 11 is 0. The molecule has 1 aliphatic carbocycles. The summed E-state index contributed by atoms with van der Waals surface area (Å²) in [6.45, 7) is -0.332. The fourth-order valence-corrected chi connectivity index (χ4v) is 1.32. The summed E-state index contributed by atoms with van der Waals surface area (Å²) in [5.41, 5.74) is 0. The summed E-state index contributed by atoms with van der Waals surface area (Å²) in [6, 6.07) is 5.10. The van der Waals surface area contributed by atoms with Gasteiger partial charge in [0.05, 0.1) is 0 Å². The van der Waals surface area contributed by atoms with Crippen LogP contribution >= 0.6 is 0 Å². The molecular formula is C12H13FN2O3. The molecule has 1 aliphatic rings. The Morgan fingerprint density at radius 1 is 1.39 bits per heavy atom. The predicted molar refractivity (Wildman–Crippen MR) is 61.6 cm³/mol. The number of carbonyl (C=O) groups excluding carboxylic acids is 2. The van der Waals surface area contributed by atoms with E-state index in [1.54, 1.807) is 0 Å². The van der Waals surface area contributed by atoms with Gasteiger partial charge in [0, 0.05) is 12.1 Å². The van der Waals surface area contributed by atoms with Crippen LogP contribution in [0.5, 0.6) is 5.75 Å². The van der Waals surface area contributed by atoms with Crippen molar-refractivity contribution in [2.75, 3.05) is 6.61 Å². The maximum Gasteiger partial charge on any atom is 0.321 e. The Kier molecular flexibility index (Phi) is 3.76. The van der Waals surface area contributed by atoms with E-state index in [0.717, 1.165) is 18.9 Å². The fraction of sp³-hybridized carbons (Fsp3) is 0.333. The number of amides is 3. The Hall–Kier alpha value is -2.11. The summed E-state index contributed by atoms with van der Waals surface area (Å²) in [5, 5.41) is 4.73. The standard InChI is InChI=1S/C12H13FN2O3/c13-8-2-1-3-10(6-8)18-7-11(16)15-12(17)14-9-4-5-9/h1-3,6,9H,4-5,7H2,(H2,14,15,16,17). The lowest BCUT2D eigenvalue weighted by Crippen LogP contribution is -2.42. The van der Waals surface area contributed by atoms with Crippen molar-refractivity contribution in [2.24, 2.45) is 0 Å². The van der Waals surface area contributed by atoms with Gasteiger partial charge < -0.3 is 10.1 Å². The zero-order valence-electron chi connectivity index (χ0n) is 9.61. The maximum atomic E-state index is 12.8. The molecule has 1 aromatic rings. The number of ether oxygens (including phenoxy) is 1. The highest BCUT2D eigenvalue weighted by Gasteiger charge is 2.23. The first-order valence-electron chi connectivity index (χ1n) is 5.62. The van der Waals surface area contributed by atoms with Crippen molar-refractivity contribution in [1.82, 2.24) is 10.6 Å². The molecular weight excluding hydrogens is 239 g/mol. The molecule has 0 aromatic heterocycles. The van der Waals surface area contributed by atoms with Gasteiger partial charge in [-0.25, -0.2) is 9.18 Å². The monoisotopic (exact) mass is 252 g/mol. The molecule has 2 N–H and O–H groups in total. The molecule has 3 amide bonds. The van der Waals surface area contributed by atoms with Crippen LogP contribution in [0.3, 0.4) is 0 Å². The van der Waals surface area contributed by atoms with E-state index < -0.39 is 17.8 Å². The molecule has 0 saturated heterocycles. The number of urea groups is 1. The Labute approximate surface area is 103 Å². The van der Waals surface area contributed by atoms with Crippen molar-refractivity contribution < 1.29 is 18.7 Å². The van der Waals surface area contributed by atoms with Gasteiger partial charge in [-0.3, -0.25) is 10.1 Å². The minimum atomic E-state index is -0.572. The highest BCUT2D eigenvalue weighted by atomic mass is 19.1. The van der Waals surface area contributed by atoms with Crippen molar-refractivity contribution >= 4 is 11.9 Å². The van der Waals surface area contributed by atoms with Crippen molar-refractivity contribution in [2.45, 2.75) is 18.9 Å². The number of halogens is 1. The number of nitrogens with one attached hydrogen (secondary N) is 2. The molecule has 0 unspecified atom stereocenters. The van der Waals surface area contributed by atoms with Gasteiger partial charge in [0.1, 0.15) is 11.6 Å². The van der Waals surface area contributed by atoms with Gasteiger partial charge in [0.2, 0.25) is 0 Å². The molecule has 5 nitrogen and oxygen atoms in total. The van der Waals surface area contributed by atoms with Crippen molar-refractivity contribution in [3.8, 4) is 5.75 Å². The SMILES string of the molecule is O=C(COc1cccc(F)c1)NC(=O)NC1CC1. The lowest BCUT2D eigenvalue weighted by Gasteiger charge is -2.07. The van der Waals surface area contributed by atoms with Crippen LogP contribution < -0.4 is 15.4 Å². The summed E-state index contributed by atoms with van der Waals surface area (Å²) < 4.78 is 17.8. The van der Waals surface area contributed by atoms with Gasteiger partial charge in [0.25, 0.3) is 5.91 Å². The normalized spacial score (nSPS) is 13.8. The smallest absolute Gasteiger partial charge is 0.321 e. The van der Waals surface area contributed by atoms with Crippen LogP contribution in [0.15, 0.2) is 24.3 Å². The number of hydrogen-bond acceptors (Lipinski definition) is 3.